The van der Waals surface area contributed by atoms with Crippen LogP contribution in [-0.2, 0) is 11.2 Å². The van der Waals surface area contributed by atoms with Gasteiger partial charge in [0.15, 0.2) is 0 Å². The Morgan fingerprint density at radius 3 is 2.42 bits per heavy atom. The normalized spacial score (nSPS) is 17.4. The van der Waals surface area contributed by atoms with Crippen molar-refractivity contribution < 1.29 is 9.13 Å². The molecule has 0 aliphatic carbocycles. The molecule has 0 spiro atoms. The fourth-order valence-corrected chi connectivity index (χ4v) is 1.36. The van der Waals surface area contributed by atoms with E-state index < -0.39 is 0 Å². The predicted octanol–water partition coefficient (Wildman–Crippen LogP) is 2.01. The molecule has 1 saturated heterocycles. The molecule has 0 bridgehead atoms. The fourth-order valence-electron chi connectivity index (χ4n) is 1.36. The summed E-state index contributed by atoms with van der Waals surface area (Å²) in [5.74, 6) is 0.485. The monoisotopic (exact) mass is 166 g/mol. The van der Waals surface area contributed by atoms with Gasteiger partial charge in [-0.25, -0.2) is 4.39 Å². The second-order valence-corrected chi connectivity index (χ2v) is 3.23. The molecule has 0 N–H and O–H groups in total. The van der Waals surface area contributed by atoms with Gasteiger partial charge in [0.2, 0.25) is 0 Å². The molecule has 1 fully saturated rings. The molecule has 1 nitrogen and oxygen atoms in total. The second-order valence-electron chi connectivity index (χ2n) is 3.23. The predicted molar refractivity (Wildman–Crippen MR) is 44.4 cm³/mol. The van der Waals surface area contributed by atoms with E-state index in [0.717, 1.165) is 19.6 Å². The average molecular weight is 166 g/mol. The van der Waals surface area contributed by atoms with Gasteiger partial charge >= 0.3 is 0 Å². The SMILES string of the molecule is Fc1ccc(CC2COC2)cc1. The Balaban J connectivity index is 1.98. The number of hydrogen-bond acceptors (Lipinski definition) is 1. The van der Waals surface area contributed by atoms with Crippen LogP contribution in [0.2, 0.25) is 0 Å². The van der Waals surface area contributed by atoms with Crippen molar-refractivity contribution in [2.45, 2.75) is 6.42 Å². The molecule has 0 atom stereocenters. The van der Waals surface area contributed by atoms with E-state index in [9.17, 15) is 4.39 Å². The van der Waals surface area contributed by atoms with Gasteiger partial charge in [-0.15, -0.1) is 0 Å². The van der Waals surface area contributed by atoms with Crippen molar-refractivity contribution in [2.24, 2.45) is 5.92 Å². The van der Waals surface area contributed by atoms with Gasteiger partial charge in [-0.1, -0.05) is 12.1 Å². The summed E-state index contributed by atoms with van der Waals surface area (Å²) < 4.78 is 17.6. The Labute approximate surface area is 71.2 Å². The van der Waals surface area contributed by atoms with Crippen LogP contribution in [-0.4, -0.2) is 13.2 Å². The van der Waals surface area contributed by atoms with Gasteiger partial charge in [0.25, 0.3) is 0 Å². The van der Waals surface area contributed by atoms with Gasteiger partial charge in [-0.3, -0.25) is 0 Å². The van der Waals surface area contributed by atoms with Gasteiger partial charge in [-0.05, 0) is 24.1 Å². The van der Waals surface area contributed by atoms with Crippen LogP contribution in [0.4, 0.5) is 4.39 Å². The lowest BCUT2D eigenvalue weighted by Gasteiger charge is -2.25. The Bertz CT molecular complexity index is 251. The van der Waals surface area contributed by atoms with Crippen LogP contribution >= 0.6 is 0 Å². The third-order valence-corrected chi connectivity index (χ3v) is 2.14. The molecule has 1 heterocycles. The third-order valence-electron chi connectivity index (χ3n) is 2.14. The first kappa shape index (κ1) is 7.74. The quantitative estimate of drug-likeness (QED) is 0.653. The molecule has 2 rings (SSSR count). The summed E-state index contributed by atoms with van der Waals surface area (Å²) >= 11 is 0. The molecule has 0 aromatic heterocycles. The molecule has 1 aliphatic rings. The van der Waals surface area contributed by atoms with E-state index in [-0.39, 0.29) is 5.82 Å². The van der Waals surface area contributed by atoms with Gasteiger partial charge in [-0.2, -0.15) is 0 Å². The van der Waals surface area contributed by atoms with E-state index >= 15 is 0 Å². The molecule has 0 amide bonds. The lowest BCUT2D eigenvalue weighted by atomic mass is 9.98. The molecule has 0 saturated carbocycles. The van der Waals surface area contributed by atoms with E-state index in [1.165, 1.54) is 17.7 Å². The van der Waals surface area contributed by atoms with Crippen molar-refractivity contribution in [3.63, 3.8) is 0 Å². The highest BCUT2D eigenvalue weighted by Gasteiger charge is 2.18. The number of halogens is 1. The van der Waals surface area contributed by atoms with E-state index in [1.54, 1.807) is 0 Å². The number of rotatable bonds is 2. The van der Waals surface area contributed by atoms with Crippen LogP contribution in [0.15, 0.2) is 24.3 Å². The largest absolute Gasteiger partial charge is 0.381 e. The van der Waals surface area contributed by atoms with E-state index in [1.807, 2.05) is 12.1 Å². The van der Waals surface area contributed by atoms with Crippen LogP contribution < -0.4 is 0 Å². The van der Waals surface area contributed by atoms with E-state index in [4.69, 9.17) is 4.74 Å². The first-order chi connectivity index (χ1) is 5.84. The van der Waals surface area contributed by atoms with E-state index in [0.29, 0.717) is 5.92 Å². The van der Waals surface area contributed by atoms with Gasteiger partial charge in [0.1, 0.15) is 5.82 Å². The number of benzene rings is 1. The molecular weight excluding hydrogens is 155 g/mol. The van der Waals surface area contributed by atoms with Crippen LogP contribution in [0.5, 0.6) is 0 Å². The standard InChI is InChI=1S/C10H11FO/c11-10-3-1-8(2-4-10)5-9-6-12-7-9/h1-4,9H,5-7H2. The smallest absolute Gasteiger partial charge is 0.123 e. The van der Waals surface area contributed by atoms with Crippen molar-refractivity contribution in [1.82, 2.24) is 0 Å². The third kappa shape index (κ3) is 1.64. The van der Waals surface area contributed by atoms with Crippen molar-refractivity contribution in [2.75, 3.05) is 13.2 Å². The summed E-state index contributed by atoms with van der Waals surface area (Å²) in [6.45, 7) is 1.72. The highest BCUT2D eigenvalue weighted by atomic mass is 19.1. The summed E-state index contributed by atoms with van der Waals surface area (Å²) in [5, 5.41) is 0. The topological polar surface area (TPSA) is 9.23 Å². The molecular formula is C10H11FO. The Kier molecular flexibility index (Phi) is 2.09. The maximum absolute atomic E-state index is 12.5. The highest BCUT2D eigenvalue weighted by Crippen LogP contribution is 2.16. The Hall–Kier alpha value is -0.890. The highest BCUT2D eigenvalue weighted by molar-refractivity contribution is 5.16. The zero-order valence-corrected chi connectivity index (χ0v) is 6.79. The van der Waals surface area contributed by atoms with Crippen LogP contribution in [0.1, 0.15) is 5.56 Å². The van der Waals surface area contributed by atoms with Gasteiger partial charge in [0, 0.05) is 5.92 Å². The molecule has 64 valence electrons. The summed E-state index contributed by atoms with van der Waals surface area (Å²) in [5.41, 5.74) is 1.20. The van der Waals surface area contributed by atoms with Gasteiger partial charge < -0.3 is 4.74 Å². The molecule has 1 aromatic rings. The number of ether oxygens (including phenoxy) is 1. The molecule has 0 radical (unpaired) electrons. The van der Waals surface area contributed by atoms with Gasteiger partial charge in [0.05, 0.1) is 13.2 Å². The lowest BCUT2D eigenvalue weighted by Crippen LogP contribution is -2.29. The zero-order valence-electron chi connectivity index (χ0n) is 6.79. The molecule has 2 heteroatoms. The summed E-state index contributed by atoms with van der Waals surface area (Å²) in [6.07, 6.45) is 1.01. The van der Waals surface area contributed by atoms with Crippen molar-refractivity contribution in [3.05, 3.63) is 35.6 Å². The van der Waals surface area contributed by atoms with E-state index in [2.05, 4.69) is 0 Å². The summed E-state index contributed by atoms with van der Waals surface area (Å²) in [6, 6.07) is 6.70. The first-order valence-electron chi connectivity index (χ1n) is 4.17. The Morgan fingerprint density at radius 2 is 1.92 bits per heavy atom. The molecule has 12 heavy (non-hydrogen) atoms. The van der Waals surface area contributed by atoms with Crippen LogP contribution in [0.3, 0.4) is 0 Å². The first-order valence-corrected chi connectivity index (χ1v) is 4.17. The van der Waals surface area contributed by atoms with Crippen molar-refractivity contribution in [1.29, 1.82) is 0 Å². The maximum atomic E-state index is 12.5. The zero-order chi connectivity index (χ0) is 8.39. The molecule has 1 aromatic carbocycles. The van der Waals surface area contributed by atoms with Crippen LogP contribution in [0.25, 0.3) is 0 Å². The maximum Gasteiger partial charge on any atom is 0.123 e. The second kappa shape index (κ2) is 3.23. The fraction of sp³-hybridized carbons (Fsp3) is 0.400. The minimum Gasteiger partial charge on any atom is -0.381 e. The lowest BCUT2D eigenvalue weighted by molar-refractivity contribution is -0.0312. The number of hydrogen-bond donors (Lipinski definition) is 0. The van der Waals surface area contributed by atoms with Crippen LogP contribution in [0, 0.1) is 11.7 Å². The summed E-state index contributed by atoms with van der Waals surface area (Å²) in [7, 11) is 0. The molecule has 0 unspecified atom stereocenters. The molecule has 1 aliphatic heterocycles. The average Bonchev–Trinajstić information content (AvgIpc) is 2.00. The van der Waals surface area contributed by atoms with Crippen molar-refractivity contribution >= 4 is 0 Å². The summed E-state index contributed by atoms with van der Waals surface area (Å²) in [4.78, 5) is 0. The minimum atomic E-state index is -0.163. The van der Waals surface area contributed by atoms with Crippen molar-refractivity contribution in [3.8, 4) is 0 Å². The Morgan fingerprint density at radius 1 is 1.25 bits per heavy atom. The minimum absolute atomic E-state index is 0.163.